The third-order valence-corrected chi connectivity index (χ3v) is 12.2. The Morgan fingerprint density at radius 3 is 1.41 bits per heavy atom. The summed E-state index contributed by atoms with van der Waals surface area (Å²) in [5.41, 5.74) is 14.0. The Morgan fingerprint density at radius 2 is 0.873 bits per heavy atom. The van der Waals surface area contributed by atoms with Gasteiger partial charge < -0.3 is 9.13 Å². The largest absolute Gasteiger partial charge is 0.307 e. The zero-order chi connectivity index (χ0) is 41.9. The Kier molecular flexibility index (Phi) is 8.61. The van der Waals surface area contributed by atoms with Gasteiger partial charge in [0.2, 0.25) is 0 Å². The maximum atomic E-state index is 5.26. The highest BCUT2D eigenvalue weighted by Gasteiger charge is 2.25. The first-order valence-corrected chi connectivity index (χ1v) is 21.3. The molecule has 0 unspecified atom stereocenters. The van der Waals surface area contributed by atoms with E-state index in [1.54, 1.807) is 0 Å². The number of benzene rings is 9. The van der Waals surface area contributed by atoms with Crippen LogP contribution in [0.15, 0.2) is 229 Å². The molecule has 3 heterocycles. The SMILES string of the molecule is CN=C(c1ccc2c(c1)c1ccc3c4cc(-c5nc6ccccc6n5-c5ccccc5)ccc4n(-c4ccccc4)c3c1n2-c1ccccc1)N(c1ccccc1)c1ccccc1. The molecule has 63 heavy (non-hydrogen) atoms. The normalized spacial score (nSPS) is 12.0. The molecule has 12 aromatic rings. The summed E-state index contributed by atoms with van der Waals surface area (Å²) in [5, 5.41) is 4.64. The second kappa shape index (κ2) is 14.9. The lowest BCUT2D eigenvalue weighted by atomic mass is 10.0. The fourth-order valence-electron chi connectivity index (χ4n) is 9.53. The highest BCUT2D eigenvalue weighted by molar-refractivity contribution is 6.25. The molecule has 0 aliphatic carbocycles. The van der Waals surface area contributed by atoms with Crippen molar-refractivity contribution >= 4 is 71.9 Å². The van der Waals surface area contributed by atoms with Gasteiger partial charge in [0.05, 0.1) is 33.1 Å². The van der Waals surface area contributed by atoms with E-state index in [-0.39, 0.29) is 0 Å². The molecule has 0 fully saturated rings. The van der Waals surface area contributed by atoms with Crippen LogP contribution in [0, 0.1) is 0 Å². The maximum absolute atomic E-state index is 5.26. The Balaban J connectivity index is 1.15. The zero-order valence-electron chi connectivity index (χ0n) is 34.5. The van der Waals surface area contributed by atoms with Gasteiger partial charge in [0, 0.05) is 68.2 Å². The number of rotatable bonds is 7. The number of hydrogen-bond acceptors (Lipinski definition) is 2. The van der Waals surface area contributed by atoms with Gasteiger partial charge in [-0.05, 0) is 109 Å². The predicted octanol–water partition coefficient (Wildman–Crippen LogP) is 14.1. The molecule has 0 atom stereocenters. The van der Waals surface area contributed by atoms with Crippen LogP contribution in [-0.2, 0) is 0 Å². The number of nitrogens with zero attached hydrogens (tertiary/aromatic N) is 6. The first-order valence-electron chi connectivity index (χ1n) is 21.3. The minimum absolute atomic E-state index is 0.864. The van der Waals surface area contributed by atoms with E-state index in [9.17, 15) is 0 Å². The number of aromatic nitrogens is 4. The van der Waals surface area contributed by atoms with E-state index < -0.39 is 0 Å². The molecular formula is C57H40N6. The van der Waals surface area contributed by atoms with Crippen LogP contribution in [0.2, 0.25) is 0 Å². The molecule has 0 aliphatic rings. The topological polar surface area (TPSA) is 43.3 Å². The van der Waals surface area contributed by atoms with Crippen molar-refractivity contribution in [3.05, 3.63) is 230 Å². The first kappa shape index (κ1) is 36.4. The van der Waals surface area contributed by atoms with Crippen LogP contribution < -0.4 is 4.90 Å². The lowest BCUT2D eigenvalue weighted by Gasteiger charge is -2.26. The third-order valence-electron chi connectivity index (χ3n) is 12.2. The van der Waals surface area contributed by atoms with E-state index in [1.807, 2.05) is 7.05 Å². The number of fused-ring (bicyclic) bond motifs is 8. The predicted molar refractivity (Wildman–Crippen MR) is 263 cm³/mol. The van der Waals surface area contributed by atoms with E-state index in [0.717, 1.165) is 100 Å². The monoisotopic (exact) mass is 808 g/mol. The second-order valence-corrected chi connectivity index (χ2v) is 15.8. The van der Waals surface area contributed by atoms with Gasteiger partial charge in [0.1, 0.15) is 11.7 Å². The number of para-hydroxylation sites is 7. The molecule has 3 aromatic heterocycles. The summed E-state index contributed by atoms with van der Waals surface area (Å²) < 4.78 is 7.17. The van der Waals surface area contributed by atoms with E-state index in [0.29, 0.717) is 0 Å². The van der Waals surface area contributed by atoms with Gasteiger partial charge in [0.25, 0.3) is 0 Å². The molecule has 6 nitrogen and oxygen atoms in total. The number of hydrogen-bond donors (Lipinski definition) is 0. The molecule has 298 valence electrons. The maximum Gasteiger partial charge on any atom is 0.145 e. The van der Waals surface area contributed by atoms with E-state index in [2.05, 4.69) is 243 Å². The Hall–Kier alpha value is -8.48. The van der Waals surface area contributed by atoms with Gasteiger partial charge >= 0.3 is 0 Å². The Bertz CT molecular complexity index is 3620. The van der Waals surface area contributed by atoms with Crippen molar-refractivity contribution in [3.8, 4) is 28.5 Å². The highest BCUT2D eigenvalue weighted by Crippen LogP contribution is 2.43. The smallest absolute Gasteiger partial charge is 0.145 e. The molecule has 0 radical (unpaired) electrons. The van der Waals surface area contributed by atoms with E-state index >= 15 is 0 Å². The highest BCUT2D eigenvalue weighted by atomic mass is 15.2. The molecular weight excluding hydrogens is 769 g/mol. The van der Waals surface area contributed by atoms with Crippen molar-refractivity contribution in [2.45, 2.75) is 0 Å². The average Bonchev–Trinajstić information content (AvgIpc) is 4.02. The standard InChI is InChI=1S/C57H40N6/c1-58-56(60(41-19-7-2-8-20-41)42-21-9-3-10-22-42)39-31-35-51-48(37-39)46-33-34-47-49-38-40(57-59-50-29-17-18-30-53(50)63(57)45-27-15-6-16-28-45)32-36-52(49)62(44-25-13-5-14-26-44)55(47)54(46)61(51)43-23-11-4-12-24-43/h2-38H,1H3. The molecule has 6 heteroatoms. The summed E-state index contributed by atoms with van der Waals surface area (Å²) in [6.07, 6.45) is 0. The summed E-state index contributed by atoms with van der Waals surface area (Å²) in [7, 11) is 1.89. The van der Waals surface area contributed by atoms with Crippen LogP contribution in [0.4, 0.5) is 11.4 Å². The summed E-state index contributed by atoms with van der Waals surface area (Å²) in [5.74, 6) is 1.77. The molecule has 0 saturated heterocycles. The van der Waals surface area contributed by atoms with Crippen LogP contribution in [0.5, 0.6) is 0 Å². The fraction of sp³-hybridized carbons (Fsp3) is 0.0175. The minimum Gasteiger partial charge on any atom is -0.307 e. The Labute approximate surface area is 364 Å². The number of amidine groups is 1. The molecule has 0 bridgehead atoms. The van der Waals surface area contributed by atoms with Crippen LogP contribution in [0.25, 0.3) is 83.1 Å². The minimum atomic E-state index is 0.864. The second-order valence-electron chi connectivity index (χ2n) is 15.8. The third kappa shape index (κ3) is 5.87. The molecule has 0 saturated carbocycles. The lowest BCUT2D eigenvalue weighted by Crippen LogP contribution is -2.27. The van der Waals surface area contributed by atoms with Crippen molar-refractivity contribution in [2.24, 2.45) is 4.99 Å². The molecule has 9 aromatic carbocycles. The van der Waals surface area contributed by atoms with Crippen LogP contribution in [-0.4, -0.2) is 31.6 Å². The molecule has 12 rings (SSSR count). The van der Waals surface area contributed by atoms with E-state index in [4.69, 9.17) is 9.98 Å². The van der Waals surface area contributed by atoms with Gasteiger partial charge in [0.15, 0.2) is 0 Å². The lowest BCUT2D eigenvalue weighted by molar-refractivity contribution is 1.10. The molecule has 0 N–H and O–H groups in total. The fourth-order valence-corrected chi connectivity index (χ4v) is 9.53. The number of imidazole rings is 1. The van der Waals surface area contributed by atoms with Crippen molar-refractivity contribution < 1.29 is 0 Å². The van der Waals surface area contributed by atoms with Gasteiger partial charge in [-0.3, -0.25) is 14.5 Å². The summed E-state index contributed by atoms with van der Waals surface area (Å²) in [4.78, 5) is 12.5. The van der Waals surface area contributed by atoms with Gasteiger partial charge in [-0.15, -0.1) is 0 Å². The molecule has 0 spiro atoms. The Morgan fingerprint density at radius 1 is 0.413 bits per heavy atom. The van der Waals surface area contributed by atoms with Crippen LogP contribution in [0.3, 0.4) is 0 Å². The molecule has 0 amide bonds. The van der Waals surface area contributed by atoms with Gasteiger partial charge in [-0.25, -0.2) is 4.98 Å². The zero-order valence-corrected chi connectivity index (χ0v) is 34.5. The van der Waals surface area contributed by atoms with Crippen LogP contribution >= 0.6 is 0 Å². The summed E-state index contributed by atoms with van der Waals surface area (Å²) >= 11 is 0. The van der Waals surface area contributed by atoms with Crippen molar-refractivity contribution in [1.82, 2.24) is 18.7 Å². The summed E-state index contributed by atoms with van der Waals surface area (Å²) in [6.45, 7) is 0. The number of anilines is 2. The summed E-state index contributed by atoms with van der Waals surface area (Å²) in [6, 6.07) is 79.7. The quantitative estimate of drug-likeness (QED) is 0.119. The first-order chi connectivity index (χ1) is 31.2. The van der Waals surface area contributed by atoms with Crippen LogP contribution in [0.1, 0.15) is 5.56 Å². The van der Waals surface area contributed by atoms with Crippen molar-refractivity contribution in [3.63, 3.8) is 0 Å². The number of aliphatic imine (C=N–C) groups is 1. The molecule has 0 aliphatic heterocycles. The van der Waals surface area contributed by atoms with Crippen molar-refractivity contribution in [1.29, 1.82) is 0 Å². The van der Waals surface area contributed by atoms with E-state index in [1.165, 1.54) is 5.39 Å². The van der Waals surface area contributed by atoms with Gasteiger partial charge in [-0.1, -0.05) is 115 Å². The average molecular weight is 809 g/mol. The van der Waals surface area contributed by atoms with Crippen molar-refractivity contribution in [2.75, 3.05) is 11.9 Å². The van der Waals surface area contributed by atoms with Gasteiger partial charge in [-0.2, -0.15) is 0 Å².